The van der Waals surface area contributed by atoms with E-state index < -0.39 is 5.97 Å². The maximum absolute atomic E-state index is 12.9. The number of amides is 1. The molecule has 160 valence electrons. The molecule has 0 radical (unpaired) electrons. The van der Waals surface area contributed by atoms with Gasteiger partial charge in [-0.3, -0.25) is 4.79 Å². The largest absolute Gasteiger partial charge is 0.508 e. The highest BCUT2D eigenvalue weighted by Gasteiger charge is 2.19. The first-order chi connectivity index (χ1) is 15.1. The van der Waals surface area contributed by atoms with E-state index in [-0.39, 0.29) is 18.3 Å². The lowest BCUT2D eigenvalue weighted by atomic mass is 10.0. The molecule has 31 heavy (non-hydrogen) atoms. The van der Waals surface area contributed by atoms with Crippen LogP contribution in [0.1, 0.15) is 42.5 Å². The minimum atomic E-state index is -0.543. The number of pyridine rings is 1. The molecule has 1 saturated heterocycles. The van der Waals surface area contributed by atoms with Gasteiger partial charge in [0.1, 0.15) is 5.75 Å². The molecule has 6 heteroatoms. The van der Waals surface area contributed by atoms with Gasteiger partial charge >= 0.3 is 5.97 Å². The molecule has 0 unspecified atom stereocenters. The molecular weight excluding hydrogens is 392 g/mol. The van der Waals surface area contributed by atoms with Crippen LogP contribution in [0.5, 0.6) is 5.75 Å². The number of carbonyl (C=O) groups is 2. The summed E-state index contributed by atoms with van der Waals surface area (Å²) in [6.45, 7) is 1.18. The molecule has 3 aromatic rings. The molecule has 0 saturated carbocycles. The Bertz CT molecular complexity index is 1070. The van der Waals surface area contributed by atoms with Crippen LogP contribution < -0.4 is 0 Å². The Labute approximate surface area is 181 Å². The van der Waals surface area contributed by atoms with Crippen molar-refractivity contribution in [3.05, 3.63) is 60.2 Å². The van der Waals surface area contributed by atoms with Crippen LogP contribution in [0, 0.1) is 0 Å². The number of aromatic nitrogens is 1. The first-order valence-electron chi connectivity index (χ1n) is 10.8. The van der Waals surface area contributed by atoms with Crippen molar-refractivity contribution in [2.24, 2.45) is 0 Å². The Hall–Kier alpha value is -3.41. The zero-order valence-corrected chi connectivity index (χ0v) is 17.4. The van der Waals surface area contributed by atoms with E-state index in [9.17, 15) is 14.7 Å². The van der Waals surface area contributed by atoms with Gasteiger partial charge in [0, 0.05) is 24.0 Å². The van der Waals surface area contributed by atoms with E-state index in [0.29, 0.717) is 22.2 Å². The third-order valence-corrected chi connectivity index (χ3v) is 5.63. The van der Waals surface area contributed by atoms with Crippen LogP contribution in [-0.2, 0) is 9.53 Å². The summed E-state index contributed by atoms with van der Waals surface area (Å²) in [6, 6.07) is 15.7. The van der Waals surface area contributed by atoms with E-state index in [1.54, 1.807) is 35.2 Å². The summed E-state index contributed by atoms with van der Waals surface area (Å²) < 4.78 is 5.44. The van der Waals surface area contributed by atoms with Crippen molar-refractivity contribution in [2.75, 3.05) is 19.7 Å². The molecular formula is C25H26N2O4. The molecule has 4 rings (SSSR count). The second-order valence-electron chi connectivity index (χ2n) is 7.84. The average molecular weight is 418 g/mol. The summed E-state index contributed by atoms with van der Waals surface area (Å²) >= 11 is 0. The third kappa shape index (κ3) is 5.02. The van der Waals surface area contributed by atoms with Gasteiger partial charge in [-0.15, -0.1) is 0 Å². The molecule has 1 aliphatic heterocycles. The van der Waals surface area contributed by atoms with Crippen molar-refractivity contribution in [2.45, 2.75) is 32.1 Å². The molecule has 1 fully saturated rings. The molecule has 2 heterocycles. The molecule has 0 spiro atoms. The average Bonchev–Trinajstić information content (AvgIpc) is 2.77. The lowest BCUT2D eigenvalue weighted by molar-refractivity contribution is -0.134. The summed E-state index contributed by atoms with van der Waals surface area (Å²) in [4.78, 5) is 32.0. The van der Waals surface area contributed by atoms with Crippen molar-refractivity contribution in [3.8, 4) is 17.0 Å². The van der Waals surface area contributed by atoms with E-state index >= 15 is 0 Å². The molecule has 1 amide bonds. The zero-order chi connectivity index (χ0) is 21.6. The quantitative estimate of drug-likeness (QED) is 0.629. The van der Waals surface area contributed by atoms with Crippen LogP contribution in [0.4, 0.5) is 0 Å². The molecule has 1 aliphatic rings. The van der Waals surface area contributed by atoms with E-state index in [4.69, 9.17) is 4.74 Å². The Morgan fingerprint density at radius 3 is 2.35 bits per heavy atom. The number of benzene rings is 2. The molecule has 1 aromatic heterocycles. The standard InChI is InChI=1S/C25H26N2O4/c28-19-12-10-18(11-13-19)23-16-21(20-8-4-5-9-22(20)26-23)25(30)31-17-24(29)27-14-6-2-1-3-7-15-27/h4-5,8-13,16,28H,1-3,6-7,14-15,17H2. The Morgan fingerprint density at radius 1 is 0.935 bits per heavy atom. The van der Waals surface area contributed by atoms with Crippen molar-refractivity contribution in [3.63, 3.8) is 0 Å². The van der Waals surface area contributed by atoms with Crippen molar-refractivity contribution < 1.29 is 19.4 Å². The number of rotatable bonds is 4. The lowest BCUT2D eigenvalue weighted by Gasteiger charge is -2.24. The number of hydrogen-bond acceptors (Lipinski definition) is 5. The SMILES string of the molecule is O=C(OCC(=O)N1CCCCCCC1)c1cc(-c2ccc(O)cc2)nc2ccccc12. The number of likely N-dealkylation sites (tertiary alicyclic amines) is 1. The van der Waals surface area contributed by atoms with Gasteiger partial charge in [-0.1, -0.05) is 37.5 Å². The van der Waals surface area contributed by atoms with Gasteiger partial charge in [-0.2, -0.15) is 0 Å². The van der Waals surface area contributed by atoms with E-state index in [0.717, 1.165) is 44.3 Å². The van der Waals surface area contributed by atoms with Crippen molar-refractivity contribution >= 4 is 22.8 Å². The van der Waals surface area contributed by atoms with Crippen LogP contribution in [-0.4, -0.2) is 46.6 Å². The molecule has 0 atom stereocenters. The summed E-state index contributed by atoms with van der Waals surface area (Å²) in [5.74, 6) is -0.529. The molecule has 6 nitrogen and oxygen atoms in total. The van der Waals surface area contributed by atoms with Gasteiger partial charge in [-0.05, 0) is 49.2 Å². The summed E-state index contributed by atoms with van der Waals surface area (Å²) in [6.07, 6.45) is 5.46. The third-order valence-electron chi connectivity index (χ3n) is 5.63. The molecule has 0 bridgehead atoms. The monoisotopic (exact) mass is 418 g/mol. The second kappa shape index (κ2) is 9.60. The van der Waals surface area contributed by atoms with Gasteiger partial charge in [0.2, 0.25) is 0 Å². The predicted octanol–water partition coefficient (Wildman–Crippen LogP) is 4.56. The first-order valence-corrected chi connectivity index (χ1v) is 10.8. The van der Waals surface area contributed by atoms with Gasteiger partial charge in [0.05, 0.1) is 16.8 Å². The van der Waals surface area contributed by atoms with Crippen LogP contribution in [0.25, 0.3) is 22.2 Å². The minimum Gasteiger partial charge on any atom is -0.508 e. The normalized spacial score (nSPS) is 14.6. The van der Waals surface area contributed by atoms with E-state index in [1.807, 2.05) is 24.3 Å². The number of phenolic OH excluding ortho intramolecular Hbond substituents is 1. The Kier molecular flexibility index (Phi) is 6.46. The second-order valence-corrected chi connectivity index (χ2v) is 7.84. The van der Waals surface area contributed by atoms with Crippen molar-refractivity contribution in [1.82, 2.24) is 9.88 Å². The summed E-state index contributed by atoms with van der Waals surface area (Å²) in [5.41, 5.74) is 2.40. The fourth-order valence-corrected chi connectivity index (χ4v) is 3.92. The number of hydrogen-bond donors (Lipinski definition) is 1. The van der Waals surface area contributed by atoms with Gasteiger partial charge in [-0.25, -0.2) is 9.78 Å². The topological polar surface area (TPSA) is 79.7 Å². The maximum atomic E-state index is 12.9. The zero-order valence-electron chi connectivity index (χ0n) is 17.4. The minimum absolute atomic E-state index is 0.146. The number of aromatic hydroxyl groups is 1. The fraction of sp³-hybridized carbons (Fsp3) is 0.320. The highest BCUT2D eigenvalue weighted by atomic mass is 16.5. The van der Waals surface area contributed by atoms with Crippen LogP contribution >= 0.6 is 0 Å². The van der Waals surface area contributed by atoms with E-state index in [2.05, 4.69) is 4.98 Å². The van der Waals surface area contributed by atoms with Gasteiger partial charge in [0.25, 0.3) is 5.91 Å². The maximum Gasteiger partial charge on any atom is 0.339 e. The number of carbonyl (C=O) groups excluding carboxylic acids is 2. The highest BCUT2D eigenvalue weighted by molar-refractivity contribution is 6.05. The summed E-state index contributed by atoms with van der Waals surface area (Å²) in [5, 5.41) is 10.2. The first kappa shape index (κ1) is 20.8. The van der Waals surface area contributed by atoms with E-state index in [1.165, 1.54) is 6.42 Å². The predicted molar refractivity (Wildman–Crippen MR) is 119 cm³/mol. The number of fused-ring (bicyclic) bond motifs is 1. The van der Waals surface area contributed by atoms with Gasteiger partial charge in [0.15, 0.2) is 6.61 Å². The number of esters is 1. The van der Waals surface area contributed by atoms with Gasteiger partial charge < -0.3 is 14.7 Å². The van der Waals surface area contributed by atoms with Crippen molar-refractivity contribution in [1.29, 1.82) is 0 Å². The molecule has 0 aliphatic carbocycles. The lowest BCUT2D eigenvalue weighted by Crippen LogP contribution is -2.37. The van der Waals surface area contributed by atoms with Crippen LogP contribution in [0.3, 0.4) is 0 Å². The smallest absolute Gasteiger partial charge is 0.339 e. The number of phenols is 1. The summed E-state index contributed by atoms with van der Waals surface area (Å²) in [7, 11) is 0. The fourth-order valence-electron chi connectivity index (χ4n) is 3.92. The Morgan fingerprint density at radius 2 is 1.61 bits per heavy atom. The van der Waals surface area contributed by atoms with Crippen LogP contribution in [0.2, 0.25) is 0 Å². The number of para-hydroxylation sites is 1. The van der Waals surface area contributed by atoms with Crippen LogP contribution in [0.15, 0.2) is 54.6 Å². The Balaban J connectivity index is 1.55. The highest BCUT2D eigenvalue weighted by Crippen LogP contribution is 2.26. The number of nitrogens with zero attached hydrogens (tertiary/aromatic N) is 2. The number of ether oxygens (including phenoxy) is 1. The molecule has 2 aromatic carbocycles. The molecule has 1 N–H and O–H groups in total.